The van der Waals surface area contributed by atoms with Gasteiger partial charge in [0.2, 0.25) is 0 Å². The van der Waals surface area contributed by atoms with Crippen molar-refractivity contribution in [1.29, 1.82) is 0 Å². The van der Waals surface area contributed by atoms with Crippen LogP contribution in [0.2, 0.25) is 0 Å². The highest BCUT2D eigenvalue weighted by atomic mass is 19.4. The third-order valence-corrected chi connectivity index (χ3v) is 2.99. The number of ether oxygens (including phenoxy) is 2. The molecule has 0 saturated carbocycles. The first-order chi connectivity index (χ1) is 9.42. The van der Waals surface area contributed by atoms with Crippen LogP contribution < -0.4 is 0 Å². The van der Waals surface area contributed by atoms with Crippen LogP contribution in [-0.4, -0.2) is 61.8 Å². The van der Waals surface area contributed by atoms with Crippen molar-refractivity contribution < 1.29 is 44.6 Å². The molecule has 1 fully saturated rings. The maximum Gasteiger partial charge on any atom is 0.434 e. The van der Waals surface area contributed by atoms with Gasteiger partial charge in [-0.25, -0.2) is 4.90 Å². The third kappa shape index (κ3) is 2.95. The highest BCUT2D eigenvalue weighted by Crippen LogP contribution is 2.55. The molecule has 0 aliphatic carbocycles. The number of hydrogen-bond donors (Lipinski definition) is 0. The molecule has 1 aliphatic heterocycles. The fraction of sp³-hybridized carbons (Fsp3) is 1.00. The quantitative estimate of drug-likeness (QED) is 0.584. The summed E-state index contributed by atoms with van der Waals surface area (Å²) < 4.78 is 114. The lowest BCUT2D eigenvalue weighted by molar-refractivity contribution is -0.457. The normalized spacial score (nSPS) is 19.9. The summed E-state index contributed by atoms with van der Waals surface area (Å²) >= 11 is 0. The smallest absolute Gasteiger partial charge is 0.379 e. The van der Waals surface area contributed by atoms with Gasteiger partial charge in [0, 0.05) is 19.7 Å². The van der Waals surface area contributed by atoms with E-state index in [1.807, 2.05) is 0 Å². The van der Waals surface area contributed by atoms with E-state index in [1.165, 1.54) is 0 Å². The lowest BCUT2D eigenvalue weighted by atomic mass is 9.97. The topological polar surface area (TPSA) is 21.7 Å². The van der Waals surface area contributed by atoms with Gasteiger partial charge < -0.3 is 9.47 Å². The highest BCUT2D eigenvalue weighted by Gasteiger charge is 2.85. The highest BCUT2D eigenvalue weighted by molar-refractivity contribution is 5.06. The molecule has 0 bridgehead atoms. The van der Waals surface area contributed by atoms with E-state index in [1.54, 1.807) is 0 Å². The van der Waals surface area contributed by atoms with E-state index in [-0.39, 0.29) is 4.90 Å². The van der Waals surface area contributed by atoms with Crippen molar-refractivity contribution in [3.8, 4) is 0 Å². The van der Waals surface area contributed by atoms with Crippen LogP contribution >= 0.6 is 0 Å². The molecular weight excluding hydrogens is 318 g/mol. The summed E-state index contributed by atoms with van der Waals surface area (Å²) in [5.74, 6) is 0. The van der Waals surface area contributed by atoms with Crippen molar-refractivity contribution in [3.63, 3.8) is 0 Å². The maximum atomic E-state index is 14.1. The molecule has 0 radical (unpaired) electrons. The SMILES string of the molecule is CCOC(C(F)(F)F)(C(F)(F)F)C(F)(F)N1CCOCC1. The molecule has 1 saturated heterocycles. The standard InChI is InChI=1S/C10H13F8NO2/c1-2-21-7(8(11,12)13,9(14,15)16)10(17,18)19-3-5-20-6-4-19/h2-6H2,1H3. The molecule has 0 N–H and O–H groups in total. The van der Waals surface area contributed by atoms with Crippen molar-refractivity contribution in [2.24, 2.45) is 0 Å². The minimum Gasteiger partial charge on any atom is -0.379 e. The molecule has 1 aliphatic rings. The molecule has 11 heteroatoms. The minimum atomic E-state index is -6.34. The number of hydrogen-bond acceptors (Lipinski definition) is 3. The van der Waals surface area contributed by atoms with Gasteiger partial charge in [-0.3, -0.25) is 0 Å². The van der Waals surface area contributed by atoms with Crippen LogP contribution in [0.25, 0.3) is 0 Å². The number of alkyl halides is 8. The first-order valence-electron chi connectivity index (χ1n) is 5.90. The van der Waals surface area contributed by atoms with Gasteiger partial charge in [0.1, 0.15) is 0 Å². The number of morpholine rings is 1. The van der Waals surface area contributed by atoms with Gasteiger partial charge in [-0.1, -0.05) is 0 Å². The third-order valence-electron chi connectivity index (χ3n) is 2.99. The van der Waals surface area contributed by atoms with Gasteiger partial charge >= 0.3 is 24.0 Å². The van der Waals surface area contributed by atoms with E-state index >= 15 is 0 Å². The molecule has 126 valence electrons. The van der Waals surface area contributed by atoms with Gasteiger partial charge in [0.25, 0.3) is 0 Å². The second-order valence-corrected chi connectivity index (χ2v) is 4.25. The van der Waals surface area contributed by atoms with Crippen LogP contribution in [0.5, 0.6) is 0 Å². The summed E-state index contributed by atoms with van der Waals surface area (Å²) in [7, 11) is 0. The number of rotatable bonds is 4. The Morgan fingerprint density at radius 2 is 1.33 bits per heavy atom. The van der Waals surface area contributed by atoms with E-state index < -0.39 is 56.9 Å². The zero-order chi connectivity index (χ0) is 16.5. The van der Waals surface area contributed by atoms with Crippen LogP contribution in [0.4, 0.5) is 35.1 Å². The van der Waals surface area contributed by atoms with Gasteiger partial charge in [-0.2, -0.15) is 35.1 Å². The van der Waals surface area contributed by atoms with E-state index in [4.69, 9.17) is 0 Å². The van der Waals surface area contributed by atoms with Crippen molar-refractivity contribution in [2.45, 2.75) is 30.9 Å². The predicted molar refractivity (Wildman–Crippen MR) is 53.8 cm³/mol. The summed E-state index contributed by atoms with van der Waals surface area (Å²) in [5.41, 5.74) is -5.58. The van der Waals surface area contributed by atoms with E-state index in [0.29, 0.717) is 0 Å². The average molecular weight is 331 g/mol. The van der Waals surface area contributed by atoms with Crippen molar-refractivity contribution in [1.82, 2.24) is 4.90 Å². The van der Waals surface area contributed by atoms with Crippen LogP contribution in [0.15, 0.2) is 0 Å². The molecule has 0 aromatic rings. The molecule has 1 heterocycles. The Morgan fingerprint density at radius 3 is 1.67 bits per heavy atom. The Kier molecular flexibility index (Phi) is 5.11. The molecule has 0 unspecified atom stereocenters. The zero-order valence-corrected chi connectivity index (χ0v) is 10.8. The van der Waals surface area contributed by atoms with Gasteiger partial charge in [0.15, 0.2) is 0 Å². The fourth-order valence-corrected chi connectivity index (χ4v) is 2.04. The van der Waals surface area contributed by atoms with E-state index in [0.717, 1.165) is 6.92 Å². The van der Waals surface area contributed by atoms with E-state index in [2.05, 4.69) is 9.47 Å². The summed E-state index contributed by atoms with van der Waals surface area (Å²) in [6.07, 6.45) is -12.7. The molecule has 0 atom stereocenters. The van der Waals surface area contributed by atoms with Crippen LogP contribution in [0.1, 0.15) is 6.92 Å². The average Bonchev–Trinajstić information content (AvgIpc) is 2.33. The van der Waals surface area contributed by atoms with Crippen molar-refractivity contribution >= 4 is 0 Å². The van der Waals surface area contributed by atoms with E-state index in [9.17, 15) is 35.1 Å². The summed E-state index contributed by atoms with van der Waals surface area (Å²) in [6.45, 7) is -2.73. The Morgan fingerprint density at radius 1 is 0.905 bits per heavy atom. The minimum absolute atomic E-state index is 0.215. The van der Waals surface area contributed by atoms with Crippen molar-refractivity contribution in [3.05, 3.63) is 0 Å². The first kappa shape index (κ1) is 18.4. The molecule has 21 heavy (non-hydrogen) atoms. The predicted octanol–water partition coefficient (Wildman–Crippen LogP) is 2.81. The zero-order valence-electron chi connectivity index (χ0n) is 10.8. The number of halogens is 8. The molecule has 0 aromatic carbocycles. The van der Waals surface area contributed by atoms with Crippen LogP contribution in [0, 0.1) is 0 Å². The Balaban J connectivity index is 3.39. The Bertz CT molecular complexity index is 334. The molecule has 0 aromatic heterocycles. The van der Waals surface area contributed by atoms with Gasteiger partial charge in [0.05, 0.1) is 13.2 Å². The summed E-state index contributed by atoms with van der Waals surface area (Å²) in [5, 5.41) is 0. The van der Waals surface area contributed by atoms with Gasteiger partial charge in [-0.15, -0.1) is 0 Å². The largest absolute Gasteiger partial charge is 0.434 e. The van der Waals surface area contributed by atoms with Crippen LogP contribution in [-0.2, 0) is 9.47 Å². The monoisotopic (exact) mass is 331 g/mol. The Labute approximate surface area is 114 Å². The lowest BCUT2D eigenvalue weighted by Crippen LogP contribution is -2.74. The summed E-state index contributed by atoms with van der Waals surface area (Å²) in [4.78, 5) is -0.215. The van der Waals surface area contributed by atoms with Gasteiger partial charge in [-0.05, 0) is 6.92 Å². The molecule has 0 amide bonds. The lowest BCUT2D eigenvalue weighted by Gasteiger charge is -2.46. The van der Waals surface area contributed by atoms with Crippen molar-refractivity contribution in [2.75, 3.05) is 32.9 Å². The fourth-order valence-electron chi connectivity index (χ4n) is 2.04. The second kappa shape index (κ2) is 5.84. The molecule has 0 spiro atoms. The summed E-state index contributed by atoms with van der Waals surface area (Å²) in [6, 6.07) is -5.32. The molecular formula is C10H13F8NO2. The second-order valence-electron chi connectivity index (χ2n) is 4.25. The molecule has 1 rings (SSSR count). The number of nitrogens with zero attached hydrogens (tertiary/aromatic N) is 1. The first-order valence-corrected chi connectivity index (χ1v) is 5.90. The Hall–Kier alpha value is -0.680. The van der Waals surface area contributed by atoms with Crippen LogP contribution in [0.3, 0.4) is 0 Å². The molecule has 3 nitrogen and oxygen atoms in total. The maximum absolute atomic E-state index is 14.1.